The van der Waals surface area contributed by atoms with Crippen LogP contribution in [-0.2, 0) is 0 Å². The van der Waals surface area contributed by atoms with Crippen LogP contribution in [0.25, 0.3) is 0 Å². The summed E-state index contributed by atoms with van der Waals surface area (Å²) in [6.07, 6.45) is 0. The zero-order valence-corrected chi connectivity index (χ0v) is 5.58. The van der Waals surface area contributed by atoms with Gasteiger partial charge in [-0.05, 0) is 12.1 Å². The summed E-state index contributed by atoms with van der Waals surface area (Å²) < 4.78 is 0. The summed E-state index contributed by atoms with van der Waals surface area (Å²) in [5.41, 5.74) is 0. The van der Waals surface area contributed by atoms with E-state index in [0.29, 0.717) is 0 Å². The fourth-order valence-electron chi connectivity index (χ4n) is 0.415. The molecule has 1 rings (SSSR count). The third-order valence-corrected chi connectivity index (χ3v) is 0.985. The Hall–Kier alpha value is 0.770. The molecule has 0 unspecified atom stereocenters. The van der Waals surface area contributed by atoms with Gasteiger partial charge in [-0.15, -0.1) is 0 Å². The first-order valence-corrected chi connectivity index (χ1v) is 2.48. The summed E-state index contributed by atoms with van der Waals surface area (Å²) in [7, 11) is 0. The van der Waals surface area contributed by atoms with Gasteiger partial charge < -0.3 is 0 Å². The molecule has 0 bridgehead atoms. The van der Waals surface area contributed by atoms with E-state index < -0.39 is 0 Å². The molecule has 2 heteroatoms. The summed E-state index contributed by atoms with van der Waals surface area (Å²) in [4.78, 5) is 0. The van der Waals surface area contributed by atoms with Crippen LogP contribution >= 0.6 is 11.6 Å². The van der Waals surface area contributed by atoms with Gasteiger partial charge in [0.25, 0.3) is 0 Å². The third kappa shape index (κ3) is 2.93. The molecule has 0 saturated carbocycles. The average molecular weight is 153 g/mol. The number of halogens is 1. The molecule has 0 fully saturated rings. The van der Waals surface area contributed by atoms with E-state index in [1.807, 2.05) is 30.3 Å². The molecule has 1 aromatic rings. The van der Waals surface area contributed by atoms with Gasteiger partial charge in [-0.1, -0.05) is 29.8 Å². The molecule has 0 amide bonds. The molecule has 0 aliphatic rings. The predicted octanol–water partition coefficient (Wildman–Crippen LogP) is 2.34. The maximum Gasteiger partial charge on any atom is 0.0405 e. The van der Waals surface area contributed by atoms with Crippen molar-refractivity contribution in [3.05, 3.63) is 35.4 Å². The minimum Gasteiger partial charge on any atom is -0.0843 e. The smallest absolute Gasteiger partial charge is 0.0405 e. The summed E-state index contributed by atoms with van der Waals surface area (Å²) >= 11 is 5.54. The molecular weight excluding hydrogens is 147 g/mol. The van der Waals surface area contributed by atoms with Crippen LogP contribution in [0.15, 0.2) is 30.3 Å². The van der Waals surface area contributed by atoms with Crippen LogP contribution in [0.2, 0.25) is 5.02 Å². The van der Waals surface area contributed by atoms with E-state index in [2.05, 4.69) is 0 Å². The zero-order valence-electron chi connectivity index (χ0n) is 4.12. The molecule has 44 valence electrons. The molecule has 0 radical (unpaired) electrons. The van der Waals surface area contributed by atoms with Gasteiger partial charge in [-0.25, -0.2) is 0 Å². The molecule has 0 spiro atoms. The SMILES string of the molecule is Clc1ccccc1.[Ar]. The Morgan fingerprint density at radius 3 is 1.75 bits per heavy atom. The zero-order chi connectivity index (χ0) is 5.11. The summed E-state index contributed by atoms with van der Waals surface area (Å²) in [5.74, 6) is 0. The van der Waals surface area contributed by atoms with Gasteiger partial charge >= 0.3 is 0 Å². The van der Waals surface area contributed by atoms with Crippen molar-refractivity contribution in [2.24, 2.45) is 0 Å². The van der Waals surface area contributed by atoms with Gasteiger partial charge in [0, 0.05) is 42.8 Å². The van der Waals surface area contributed by atoms with Gasteiger partial charge in [0.2, 0.25) is 0 Å². The predicted molar refractivity (Wildman–Crippen MR) is 31.5 cm³/mol. The summed E-state index contributed by atoms with van der Waals surface area (Å²) in [6.45, 7) is 0. The number of hydrogen-bond acceptors (Lipinski definition) is 0. The molecule has 0 atom stereocenters. The Bertz CT molecular complexity index is 138. The average Bonchev–Trinajstić information content (AvgIpc) is 1.69. The molecule has 0 aliphatic heterocycles. The first-order chi connectivity index (χ1) is 3.39. The van der Waals surface area contributed by atoms with Crippen molar-refractivity contribution in [2.75, 3.05) is 0 Å². The molecule has 0 saturated heterocycles. The van der Waals surface area contributed by atoms with Gasteiger partial charge in [-0.3, -0.25) is 0 Å². The van der Waals surface area contributed by atoms with Crippen LogP contribution in [-0.4, -0.2) is 0 Å². The second-order valence-electron chi connectivity index (χ2n) is 1.30. The second kappa shape index (κ2) is 4.63. The maximum atomic E-state index is 5.54. The fraction of sp³-hybridized carbons (Fsp3) is 0. The van der Waals surface area contributed by atoms with Gasteiger partial charge in [-0.2, -0.15) is 0 Å². The van der Waals surface area contributed by atoms with Crippen LogP contribution in [0, 0.1) is 37.7 Å². The molecule has 8 heavy (non-hydrogen) atoms. The van der Waals surface area contributed by atoms with Crippen LogP contribution in [0.4, 0.5) is 0 Å². The Morgan fingerprint density at radius 1 is 1.00 bits per heavy atom. The minimum atomic E-state index is 0. The van der Waals surface area contributed by atoms with Crippen molar-refractivity contribution in [1.82, 2.24) is 0 Å². The first-order valence-electron chi connectivity index (χ1n) is 2.10. The molecular formula is C6H5ArCl. The summed E-state index contributed by atoms with van der Waals surface area (Å²) in [5, 5.41) is 0.794. The Morgan fingerprint density at radius 2 is 1.50 bits per heavy atom. The minimum absolute atomic E-state index is 0. The van der Waals surface area contributed by atoms with Gasteiger partial charge in [0.05, 0.1) is 0 Å². The number of benzene rings is 1. The van der Waals surface area contributed by atoms with Crippen LogP contribution < -0.4 is 0 Å². The molecule has 0 aromatic heterocycles. The van der Waals surface area contributed by atoms with Crippen molar-refractivity contribution >= 4 is 11.6 Å². The Labute approximate surface area is 83.9 Å². The van der Waals surface area contributed by atoms with Crippen LogP contribution in [0.1, 0.15) is 0 Å². The molecule has 1 aromatic carbocycles. The molecule has 0 heterocycles. The van der Waals surface area contributed by atoms with Crippen molar-refractivity contribution in [2.45, 2.75) is 0 Å². The van der Waals surface area contributed by atoms with E-state index in [9.17, 15) is 0 Å². The van der Waals surface area contributed by atoms with Crippen molar-refractivity contribution in [3.8, 4) is 0 Å². The molecule has 0 N–H and O–H groups in total. The Kier molecular flexibility index (Phi) is 5.08. The van der Waals surface area contributed by atoms with Crippen molar-refractivity contribution in [3.63, 3.8) is 0 Å². The topological polar surface area (TPSA) is 0 Å². The van der Waals surface area contributed by atoms with Gasteiger partial charge in [0.15, 0.2) is 0 Å². The van der Waals surface area contributed by atoms with Crippen molar-refractivity contribution < 1.29 is 37.7 Å². The van der Waals surface area contributed by atoms with E-state index in [1.165, 1.54) is 0 Å². The normalized spacial score (nSPS) is 7.62. The second-order valence-corrected chi connectivity index (χ2v) is 1.73. The fourth-order valence-corrected chi connectivity index (χ4v) is 0.560. The largest absolute Gasteiger partial charge is 0.0843 e. The van der Waals surface area contributed by atoms with Crippen molar-refractivity contribution in [1.29, 1.82) is 0 Å². The third-order valence-electron chi connectivity index (χ3n) is 0.733. The standard InChI is InChI=1S/C6H5Cl.Ar/c7-6-4-2-1-3-5-6;/h1-5H;. The monoisotopic (exact) mass is 152 g/mol. The van der Waals surface area contributed by atoms with E-state index >= 15 is 0 Å². The summed E-state index contributed by atoms with van der Waals surface area (Å²) in [6, 6.07) is 9.44. The van der Waals surface area contributed by atoms with E-state index in [-0.39, 0.29) is 37.7 Å². The maximum absolute atomic E-state index is 5.54. The quantitative estimate of drug-likeness (QED) is 0.535. The van der Waals surface area contributed by atoms with E-state index in [1.54, 1.807) is 0 Å². The molecule has 0 aliphatic carbocycles. The van der Waals surface area contributed by atoms with Crippen LogP contribution in [0.3, 0.4) is 0 Å². The van der Waals surface area contributed by atoms with Gasteiger partial charge in [0.1, 0.15) is 0 Å². The number of hydrogen-bond donors (Lipinski definition) is 0. The Balaban J connectivity index is 0.000000490. The van der Waals surface area contributed by atoms with E-state index in [4.69, 9.17) is 11.6 Å². The molecule has 0 nitrogen and oxygen atoms in total. The van der Waals surface area contributed by atoms with Crippen LogP contribution in [0.5, 0.6) is 0 Å². The first kappa shape index (κ1) is 8.77. The number of rotatable bonds is 0. The van der Waals surface area contributed by atoms with E-state index in [0.717, 1.165) is 5.02 Å².